The van der Waals surface area contributed by atoms with E-state index in [0.29, 0.717) is 37.4 Å². The average Bonchev–Trinajstić information content (AvgIpc) is 2.99. The molecular formula is C24H26FN3O3. The molecular weight excluding hydrogens is 397 g/mol. The van der Waals surface area contributed by atoms with Crippen LogP contribution in [-0.2, 0) is 9.59 Å². The Morgan fingerprint density at radius 2 is 1.65 bits per heavy atom. The molecule has 0 aromatic heterocycles. The molecule has 1 fully saturated rings. The van der Waals surface area contributed by atoms with Crippen molar-refractivity contribution in [1.29, 1.82) is 0 Å². The van der Waals surface area contributed by atoms with E-state index in [1.54, 1.807) is 21.9 Å². The molecule has 0 radical (unpaired) electrons. The van der Waals surface area contributed by atoms with Gasteiger partial charge in [0.1, 0.15) is 5.82 Å². The van der Waals surface area contributed by atoms with Crippen molar-refractivity contribution in [2.24, 2.45) is 0 Å². The Labute approximate surface area is 181 Å². The molecule has 31 heavy (non-hydrogen) atoms. The molecule has 2 heterocycles. The van der Waals surface area contributed by atoms with Crippen molar-refractivity contribution in [3.63, 3.8) is 0 Å². The number of halogens is 1. The highest BCUT2D eigenvalue weighted by Crippen LogP contribution is 2.41. The van der Waals surface area contributed by atoms with Crippen molar-refractivity contribution >= 4 is 23.4 Å². The summed E-state index contributed by atoms with van der Waals surface area (Å²) in [6.07, 6.45) is 0.109. The van der Waals surface area contributed by atoms with Crippen LogP contribution in [0.1, 0.15) is 46.4 Å². The number of aryl methyl sites for hydroxylation is 2. The number of amides is 3. The number of anilines is 1. The van der Waals surface area contributed by atoms with Crippen LogP contribution in [0, 0.1) is 19.7 Å². The summed E-state index contributed by atoms with van der Waals surface area (Å²) in [5, 5.41) is 0. The van der Waals surface area contributed by atoms with Crippen molar-refractivity contribution < 1.29 is 18.8 Å². The lowest BCUT2D eigenvalue weighted by molar-refractivity contribution is -0.138. The van der Waals surface area contributed by atoms with Gasteiger partial charge in [0.15, 0.2) is 0 Å². The van der Waals surface area contributed by atoms with Gasteiger partial charge in [-0.2, -0.15) is 0 Å². The first-order valence-corrected chi connectivity index (χ1v) is 10.5. The summed E-state index contributed by atoms with van der Waals surface area (Å²) in [4.78, 5) is 43.0. The van der Waals surface area contributed by atoms with Crippen molar-refractivity contribution in [2.75, 3.05) is 31.1 Å². The van der Waals surface area contributed by atoms with Gasteiger partial charge >= 0.3 is 0 Å². The molecule has 2 aliphatic heterocycles. The van der Waals surface area contributed by atoms with Crippen LogP contribution < -0.4 is 4.90 Å². The first-order valence-electron chi connectivity index (χ1n) is 10.5. The van der Waals surface area contributed by atoms with Crippen LogP contribution >= 0.6 is 0 Å². The molecule has 1 atom stereocenters. The molecule has 0 N–H and O–H groups in total. The maximum Gasteiger partial charge on any atom is 0.259 e. The minimum absolute atomic E-state index is 0.00513. The molecule has 3 amide bonds. The first-order chi connectivity index (χ1) is 14.8. The van der Waals surface area contributed by atoms with Gasteiger partial charge in [-0.05, 0) is 54.8 Å². The van der Waals surface area contributed by atoms with Crippen molar-refractivity contribution in [3.8, 4) is 0 Å². The van der Waals surface area contributed by atoms with E-state index in [1.807, 2.05) is 26.0 Å². The number of hydrogen-bond acceptors (Lipinski definition) is 3. The third kappa shape index (κ3) is 3.92. The van der Waals surface area contributed by atoms with Gasteiger partial charge in [0.25, 0.3) is 5.91 Å². The zero-order valence-corrected chi connectivity index (χ0v) is 18.0. The molecule has 1 unspecified atom stereocenters. The van der Waals surface area contributed by atoms with Gasteiger partial charge in [0, 0.05) is 44.4 Å². The van der Waals surface area contributed by atoms with Crippen LogP contribution in [-0.4, -0.2) is 53.7 Å². The first kappa shape index (κ1) is 21.0. The molecule has 0 saturated carbocycles. The number of carbonyl (C=O) groups excluding carboxylic acids is 3. The Bertz CT molecular complexity index is 1060. The minimum atomic E-state index is -0.498. The Morgan fingerprint density at radius 1 is 1.00 bits per heavy atom. The number of rotatable bonds is 3. The number of nitrogens with zero attached hydrogens (tertiary/aromatic N) is 3. The predicted octanol–water partition coefficient (Wildman–Crippen LogP) is 3.22. The van der Waals surface area contributed by atoms with Gasteiger partial charge in [0.2, 0.25) is 11.8 Å². The highest BCUT2D eigenvalue weighted by molar-refractivity contribution is 6.11. The lowest BCUT2D eigenvalue weighted by Gasteiger charge is -2.35. The highest BCUT2D eigenvalue weighted by atomic mass is 19.1. The molecule has 1 saturated heterocycles. The summed E-state index contributed by atoms with van der Waals surface area (Å²) in [7, 11) is 0. The van der Waals surface area contributed by atoms with E-state index < -0.39 is 11.9 Å². The summed E-state index contributed by atoms with van der Waals surface area (Å²) in [6.45, 7) is 7.41. The molecule has 4 rings (SSSR count). The molecule has 0 aliphatic carbocycles. The lowest BCUT2D eigenvalue weighted by Crippen LogP contribution is -2.50. The highest BCUT2D eigenvalue weighted by Gasteiger charge is 2.40. The summed E-state index contributed by atoms with van der Waals surface area (Å²) in [5.74, 6) is -0.721. The number of piperazine rings is 1. The molecule has 0 bridgehead atoms. The second-order valence-corrected chi connectivity index (χ2v) is 8.29. The Balaban J connectivity index is 1.64. The standard InChI is InChI=1S/C24H26FN3O3/c1-15-11-20-21(12-16(15)2)24(31)28(19-6-4-5-18(25)13-19)22(20)14-23(30)27-9-7-26(8-10-27)17(3)29/h4-6,11-13,22H,7-10,14H2,1-3H3. The van der Waals surface area contributed by atoms with Crippen LogP contribution in [0.15, 0.2) is 36.4 Å². The number of carbonyl (C=O) groups is 3. The molecule has 0 spiro atoms. The average molecular weight is 423 g/mol. The topological polar surface area (TPSA) is 60.9 Å². The third-order valence-electron chi connectivity index (χ3n) is 6.32. The van der Waals surface area contributed by atoms with Crippen LogP contribution in [0.4, 0.5) is 10.1 Å². The zero-order chi connectivity index (χ0) is 22.3. The fraction of sp³-hybridized carbons (Fsp3) is 0.375. The Kier molecular flexibility index (Phi) is 5.52. The summed E-state index contributed by atoms with van der Waals surface area (Å²) in [6, 6.07) is 9.24. The smallest absolute Gasteiger partial charge is 0.259 e. The Hall–Kier alpha value is -3.22. The molecule has 2 aliphatic rings. The van der Waals surface area contributed by atoms with Crippen LogP contribution in [0.3, 0.4) is 0 Å². The van der Waals surface area contributed by atoms with E-state index in [2.05, 4.69) is 0 Å². The van der Waals surface area contributed by atoms with Gasteiger partial charge in [-0.3, -0.25) is 14.4 Å². The quantitative estimate of drug-likeness (QED) is 0.762. The maximum absolute atomic E-state index is 13.9. The van der Waals surface area contributed by atoms with Gasteiger partial charge in [-0.15, -0.1) is 0 Å². The van der Waals surface area contributed by atoms with Crippen molar-refractivity contribution in [1.82, 2.24) is 9.80 Å². The molecule has 7 heteroatoms. The molecule has 2 aromatic carbocycles. The second kappa shape index (κ2) is 8.13. The SMILES string of the molecule is CC(=O)N1CCN(C(=O)CC2c3cc(C)c(C)cc3C(=O)N2c2cccc(F)c2)CC1. The Morgan fingerprint density at radius 3 is 2.29 bits per heavy atom. The second-order valence-electron chi connectivity index (χ2n) is 8.29. The fourth-order valence-electron chi connectivity index (χ4n) is 4.40. The van der Waals surface area contributed by atoms with E-state index in [4.69, 9.17) is 0 Å². The van der Waals surface area contributed by atoms with Crippen molar-refractivity contribution in [2.45, 2.75) is 33.2 Å². The molecule has 2 aromatic rings. The summed E-state index contributed by atoms with van der Waals surface area (Å²) >= 11 is 0. The number of benzene rings is 2. The van der Waals surface area contributed by atoms with E-state index in [1.165, 1.54) is 24.0 Å². The van der Waals surface area contributed by atoms with Crippen LogP contribution in [0.25, 0.3) is 0 Å². The van der Waals surface area contributed by atoms with Gasteiger partial charge in [0.05, 0.1) is 12.5 Å². The van der Waals surface area contributed by atoms with E-state index in [9.17, 15) is 18.8 Å². The number of fused-ring (bicyclic) bond motifs is 1. The maximum atomic E-state index is 13.9. The van der Waals surface area contributed by atoms with Gasteiger partial charge in [-0.25, -0.2) is 4.39 Å². The number of hydrogen-bond donors (Lipinski definition) is 0. The van der Waals surface area contributed by atoms with E-state index in [0.717, 1.165) is 16.7 Å². The third-order valence-corrected chi connectivity index (χ3v) is 6.32. The van der Waals surface area contributed by atoms with Crippen LogP contribution in [0.5, 0.6) is 0 Å². The largest absolute Gasteiger partial charge is 0.339 e. The normalized spacial score (nSPS) is 18.4. The minimum Gasteiger partial charge on any atom is -0.339 e. The lowest BCUT2D eigenvalue weighted by atomic mass is 9.96. The molecule has 6 nitrogen and oxygen atoms in total. The van der Waals surface area contributed by atoms with Crippen LogP contribution in [0.2, 0.25) is 0 Å². The monoisotopic (exact) mass is 423 g/mol. The predicted molar refractivity (Wildman–Crippen MR) is 115 cm³/mol. The van der Waals surface area contributed by atoms with E-state index in [-0.39, 0.29) is 24.1 Å². The molecule has 162 valence electrons. The summed E-state index contributed by atoms with van der Waals surface area (Å²) in [5.41, 5.74) is 3.84. The fourth-order valence-corrected chi connectivity index (χ4v) is 4.40. The van der Waals surface area contributed by atoms with Gasteiger partial charge < -0.3 is 14.7 Å². The van der Waals surface area contributed by atoms with Gasteiger partial charge in [-0.1, -0.05) is 12.1 Å². The van der Waals surface area contributed by atoms with E-state index >= 15 is 0 Å². The zero-order valence-electron chi connectivity index (χ0n) is 18.0. The summed E-state index contributed by atoms with van der Waals surface area (Å²) < 4.78 is 13.9. The van der Waals surface area contributed by atoms with Crippen molar-refractivity contribution in [3.05, 3.63) is 64.5 Å².